The van der Waals surface area contributed by atoms with Crippen LogP contribution in [0, 0.1) is 0 Å². The Kier molecular flexibility index (Phi) is 4.37. The van der Waals surface area contributed by atoms with Crippen LogP contribution in [-0.2, 0) is 16.0 Å². The van der Waals surface area contributed by atoms with Crippen molar-refractivity contribution in [2.24, 2.45) is 5.73 Å². The lowest BCUT2D eigenvalue weighted by atomic mass is 10.1. The lowest BCUT2D eigenvalue weighted by molar-refractivity contribution is -0.138. The Balaban J connectivity index is 1.86. The van der Waals surface area contributed by atoms with Gasteiger partial charge in [-0.1, -0.05) is 18.2 Å². The minimum absolute atomic E-state index is 0.0535. The van der Waals surface area contributed by atoms with Crippen molar-refractivity contribution in [3.63, 3.8) is 0 Å². The lowest BCUT2D eigenvalue weighted by Gasteiger charge is -2.08. The Morgan fingerprint density at radius 2 is 2.10 bits per heavy atom. The van der Waals surface area contributed by atoms with Gasteiger partial charge in [0.05, 0.1) is 0 Å². The number of nitrogens with one attached hydrogen (secondary N) is 2. The molecule has 0 saturated carbocycles. The molecular weight excluding hydrogens is 258 g/mol. The van der Waals surface area contributed by atoms with E-state index in [0.29, 0.717) is 12.8 Å². The Morgan fingerprint density at radius 1 is 1.35 bits per heavy atom. The molecule has 1 atom stereocenters. The third-order valence-electron chi connectivity index (χ3n) is 3.13. The number of aryl methyl sites for hydroxylation is 1. The highest BCUT2D eigenvalue weighted by atomic mass is 16.4. The standard InChI is InChI=1S/C14H17N3O3/c15-11(14(19)20)8-17-13(18)6-5-9-7-16-12-4-2-1-3-10(9)12/h1-4,7,11,16H,5-6,8,15H2,(H,17,18)(H,19,20). The van der Waals surface area contributed by atoms with Gasteiger partial charge < -0.3 is 21.1 Å². The monoisotopic (exact) mass is 275 g/mol. The van der Waals surface area contributed by atoms with Crippen LogP contribution in [0.5, 0.6) is 0 Å². The second-order valence-corrected chi connectivity index (χ2v) is 4.61. The maximum Gasteiger partial charge on any atom is 0.322 e. The van der Waals surface area contributed by atoms with E-state index in [-0.39, 0.29) is 12.5 Å². The number of rotatable bonds is 6. The molecule has 1 amide bonds. The third kappa shape index (κ3) is 3.36. The van der Waals surface area contributed by atoms with Crippen LogP contribution in [0.25, 0.3) is 10.9 Å². The second kappa shape index (κ2) is 6.21. The number of aliphatic carboxylic acids is 1. The second-order valence-electron chi connectivity index (χ2n) is 4.61. The fourth-order valence-electron chi connectivity index (χ4n) is 1.99. The molecule has 2 rings (SSSR count). The lowest BCUT2D eigenvalue weighted by Crippen LogP contribution is -2.42. The van der Waals surface area contributed by atoms with Crippen molar-refractivity contribution in [1.29, 1.82) is 0 Å². The van der Waals surface area contributed by atoms with Crippen molar-refractivity contribution < 1.29 is 14.7 Å². The number of carboxylic acids is 1. The number of carbonyl (C=O) groups excluding carboxylic acids is 1. The molecule has 0 radical (unpaired) electrons. The van der Waals surface area contributed by atoms with E-state index in [1.807, 2.05) is 30.5 Å². The fraction of sp³-hybridized carbons (Fsp3) is 0.286. The molecule has 106 valence electrons. The van der Waals surface area contributed by atoms with Gasteiger partial charge in [-0.05, 0) is 18.1 Å². The number of para-hydroxylation sites is 1. The summed E-state index contributed by atoms with van der Waals surface area (Å²) in [6.07, 6.45) is 2.78. The van der Waals surface area contributed by atoms with Crippen LogP contribution < -0.4 is 11.1 Å². The number of aromatic amines is 1. The van der Waals surface area contributed by atoms with Gasteiger partial charge in [0.25, 0.3) is 0 Å². The molecule has 0 spiro atoms. The molecule has 2 aromatic rings. The average Bonchev–Trinajstić information content (AvgIpc) is 2.85. The molecule has 0 saturated heterocycles. The van der Waals surface area contributed by atoms with Crippen LogP contribution in [0.2, 0.25) is 0 Å². The first-order valence-electron chi connectivity index (χ1n) is 6.38. The number of hydrogen-bond acceptors (Lipinski definition) is 3. The van der Waals surface area contributed by atoms with Crippen LogP contribution >= 0.6 is 0 Å². The molecule has 20 heavy (non-hydrogen) atoms. The van der Waals surface area contributed by atoms with Gasteiger partial charge >= 0.3 is 5.97 Å². The number of hydrogen-bond donors (Lipinski definition) is 4. The smallest absolute Gasteiger partial charge is 0.322 e. The van der Waals surface area contributed by atoms with Crippen LogP contribution in [0.4, 0.5) is 0 Å². The molecule has 1 unspecified atom stereocenters. The topological polar surface area (TPSA) is 108 Å². The minimum Gasteiger partial charge on any atom is -0.480 e. The van der Waals surface area contributed by atoms with Gasteiger partial charge in [0.2, 0.25) is 5.91 Å². The number of carboxylic acid groups (broad SMARTS) is 1. The SMILES string of the molecule is NC(CNC(=O)CCc1c[nH]c2ccccc12)C(=O)O. The molecule has 1 aromatic carbocycles. The van der Waals surface area contributed by atoms with E-state index in [4.69, 9.17) is 10.8 Å². The highest BCUT2D eigenvalue weighted by Crippen LogP contribution is 2.18. The molecule has 5 N–H and O–H groups in total. The van der Waals surface area contributed by atoms with Crippen LogP contribution in [0.3, 0.4) is 0 Å². The van der Waals surface area contributed by atoms with Gasteiger partial charge in [0, 0.05) is 30.1 Å². The third-order valence-corrected chi connectivity index (χ3v) is 3.13. The van der Waals surface area contributed by atoms with Gasteiger partial charge in [-0.15, -0.1) is 0 Å². The molecule has 0 fully saturated rings. The van der Waals surface area contributed by atoms with E-state index < -0.39 is 12.0 Å². The first kappa shape index (κ1) is 14.1. The normalized spacial score (nSPS) is 12.2. The highest BCUT2D eigenvalue weighted by molar-refractivity contribution is 5.84. The predicted molar refractivity (Wildman–Crippen MR) is 75.2 cm³/mol. The molecule has 6 heteroatoms. The van der Waals surface area contributed by atoms with Crippen LogP contribution in [0.1, 0.15) is 12.0 Å². The molecule has 1 heterocycles. The van der Waals surface area contributed by atoms with Crippen LogP contribution in [-0.4, -0.2) is 34.6 Å². The maximum atomic E-state index is 11.6. The van der Waals surface area contributed by atoms with Gasteiger partial charge in [-0.25, -0.2) is 0 Å². The van der Waals surface area contributed by atoms with Crippen molar-refractivity contribution in [3.8, 4) is 0 Å². The molecule has 0 aliphatic carbocycles. The summed E-state index contributed by atoms with van der Waals surface area (Å²) in [5.41, 5.74) is 7.42. The Bertz CT molecular complexity index is 621. The number of aromatic nitrogens is 1. The van der Waals surface area contributed by atoms with Gasteiger partial charge in [-0.3, -0.25) is 9.59 Å². The van der Waals surface area contributed by atoms with E-state index in [2.05, 4.69) is 10.3 Å². The first-order chi connectivity index (χ1) is 9.58. The van der Waals surface area contributed by atoms with Crippen LogP contribution in [0.15, 0.2) is 30.5 Å². The maximum absolute atomic E-state index is 11.6. The van der Waals surface area contributed by atoms with Crippen molar-refractivity contribution in [2.75, 3.05) is 6.54 Å². The summed E-state index contributed by atoms with van der Waals surface area (Å²) in [6.45, 7) is -0.0535. The van der Waals surface area contributed by atoms with Crippen molar-refractivity contribution >= 4 is 22.8 Å². The number of carbonyl (C=O) groups is 2. The van der Waals surface area contributed by atoms with E-state index >= 15 is 0 Å². The van der Waals surface area contributed by atoms with Crippen molar-refractivity contribution in [2.45, 2.75) is 18.9 Å². The summed E-state index contributed by atoms with van der Waals surface area (Å²) in [7, 11) is 0. The molecule has 0 aliphatic rings. The first-order valence-corrected chi connectivity index (χ1v) is 6.38. The Morgan fingerprint density at radius 3 is 2.85 bits per heavy atom. The number of benzene rings is 1. The summed E-state index contributed by atoms with van der Waals surface area (Å²) in [5, 5.41) is 12.2. The zero-order valence-corrected chi connectivity index (χ0v) is 10.9. The highest BCUT2D eigenvalue weighted by Gasteiger charge is 2.13. The molecule has 0 bridgehead atoms. The van der Waals surface area contributed by atoms with E-state index in [9.17, 15) is 9.59 Å². The zero-order chi connectivity index (χ0) is 14.5. The summed E-state index contributed by atoms with van der Waals surface area (Å²) < 4.78 is 0. The quantitative estimate of drug-likeness (QED) is 0.620. The number of fused-ring (bicyclic) bond motifs is 1. The molecular formula is C14H17N3O3. The van der Waals surface area contributed by atoms with Gasteiger partial charge in [0.1, 0.15) is 6.04 Å². The average molecular weight is 275 g/mol. The zero-order valence-electron chi connectivity index (χ0n) is 10.9. The summed E-state index contributed by atoms with van der Waals surface area (Å²) in [6, 6.07) is 6.81. The predicted octanol–water partition coefficient (Wildman–Crippen LogP) is 0.629. The van der Waals surface area contributed by atoms with E-state index in [1.54, 1.807) is 0 Å². The minimum atomic E-state index is -1.12. The Hall–Kier alpha value is -2.34. The summed E-state index contributed by atoms with van der Waals surface area (Å²) in [5.74, 6) is -1.33. The van der Waals surface area contributed by atoms with E-state index in [0.717, 1.165) is 16.5 Å². The van der Waals surface area contributed by atoms with Gasteiger partial charge in [-0.2, -0.15) is 0 Å². The summed E-state index contributed by atoms with van der Waals surface area (Å²) in [4.78, 5) is 25.3. The van der Waals surface area contributed by atoms with Crippen molar-refractivity contribution in [1.82, 2.24) is 10.3 Å². The van der Waals surface area contributed by atoms with E-state index in [1.165, 1.54) is 0 Å². The molecule has 1 aromatic heterocycles. The molecule has 0 aliphatic heterocycles. The fourth-order valence-corrected chi connectivity index (χ4v) is 1.99. The van der Waals surface area contributed by atoms with Crippen molar-refractivity contribution in [3.05, 3.63) is 36.0 Å². The Labute approximate surface area is 116 Å². The molecule has 6 nitrogen and oxygen atoms in total. The number of H-pyrrole nitrogens is 1. The number of amides is 1. The van der Waals surface area contributed by atoms with Gasteiger partial charge in [0.15, 0.2) is 0 Å². The largest absolute Gasteiger partial charge is 0.480 e. The number of nitrogens with two attached hydrogens (primary N) is 1. The summed E-state index contributed by atoms with van der Waals surface area (Å²) >= 11 is 0.